The maximum absolute atomic E-state index is 13.5. The van der Waals surface area contributed by atoms with Gasteiger partial charge in [0.2, 0.25) is 11.8 Å². The van der Waals surface area contributed by atoms with Crippen LogP contribution in [0.4, 0.5) is 19.0 Å². The van der Waals surface area contributed by atoms with Crippen molar-refractivity contribution in [2.75, 3.05) is 25.0 Å². The highest BCUT2D eigenvalue weighted by Crippen LogP contribution is 2.39. The summed E-state index contributed by atoms with van der Waals surface area (Å²) in [6.45, 7) is 6.59. The number of fused-ring (bicyclic) bond motifs is 2. The largest absolute Gasteiger partial charge is 0.490 e. The molecule has 8 rings (SSSR count). The van der Waals surface area contributed by atoms with Gasteiger partial charge in [-0.2, -0.15) is 13.2 Å². The minimum atomic E-state index is -4.64. The molecule has 1 aromatic carbocycles. The smallest absolute Gasteiger partial charge is 0.433 e. The highest BCUT2D eigenvalue weighted by molar-refractivity contribution is 6.06. The molecule has 3 fully saturated rings. The van der Waals surface area contributed by atoms with Crippen LogP contribution in [0.2, 0.25) is 0 Å². The summed E-state index contributed by atoms with van der Waals surface area (Å²) in [5.74, 6) is -0.228. The second-order valence-corrected chi connectivity index (χ2v) is 16.2. The quantitative estimate of drug-likeness (QED) is 0.159. The average Bonchev–Trinajstić information content (AvgIpc) is 3.72. The molecule has 6 heterocycles. The van der Waals surface area contributed by atoms with Crippen molar-refractivity contribution >= 4 is 40.2 Å². The number of hydrogen-bond donors (Lipinski definition) is 2. The number of imidazole rings is 2. The van der Waals surface area contributed by atoms with E-state index in [9.17, 15) is 32.3 Å². The van der Waals surface area contributed by atoms with Crippen molar-refractivity contribution in [1.82, 2.24) is 33.7 Å². The molecule has 1 aliphatic carbocycles. The fourth-order valence-corrected chi connectivity index (χ4v) is 9.06. The standard InChI is InChI=1S/C42H47F3N8O5/c1-24(2)58-33-20-36-46-30(23-52(36)22-29(33)39(55)48-35-9-5-8-34(47-35)42(43,44)45)27-12-10-25(11-13-27)21-51-18-16-26(17-19-51)28-6-4-7-31-38(28)50(3)41(57)53(31)32-14-15-37(54)49-40(32)56/h4-9,20,22-27,32H,10-19,21H2,1-3H3,(H,47,48,55)(H,49,54,56). The Balaban J connectivity index is 0.894. The van der Waals surface area contributed by atoms with Crippen molar-refractivity contribution in [2.45, 2.75) is 95.4 Å². The second-order valence-electron chi connectivity index (χ2n) is 16.2. The molecule has 0 spiro atoms. The van der Waals surface area contributed by atoms with Crippen LogP contribution < -0.4 is 21.1 Å². The van der Waals surface area contributed by atoms with E-state index in [1.165, 1.54) is 12.1 Å². The van der Waals surface area contributed by atoms with Crippen molar-refractivity contribution < 1.29 is 32.3 Å². The SMILES string of the molecule is CC(C)Oc1cc2nc(C3CCC(CN4CCC(c5cccc6c5n(C)c(=O)n6C5CCC(=O)NC5=O)CC4)CC3)cn2cc1C(=O)Nc1cccc(C(F)(F)F)n1. The summed E-state index contributed by atoms with van der Waals surface area (Å²) in [6.07, 6.45) is 5.15. The summed E-state index contributed by atoms with van der Waals surface area (Å²) in [7, 11) is 1.76. The Bertz CT molecular complexity index is 2440. The van der Waals surface area contributed by atoms with Crippen LogP contribution in [0.3, 0.4) is 0 Å². The van der Waals surface area contributed by atoms with Crippen LogP contribution in [0.25, 0.3) is 16.7 Å². The first-order chi connectivity index (χ1) is 27.7. The van der Waals surface area contributed by atoms with Gasteiger partial charge in [0.25, 0.3) is 5.91 Å². The van der Waals surface area contributed by atoms with Gasteiger partial charge in [-0.05, 0) is 107 Å². The number of amides is 3. The number of imide groups is 1. The number of benzene rings is 1. The topological polar surface area (TPSA) is 145 Å². The summed E-state index contributed by atoms with van der Waals surface area (Å²) in [5, 5.41) is 4.88. The predicted molar refractivity (Wildman–Crippen MR) is 210 cm³/mol. The summed E-state index contributed by atoms with van der Waals surface area (Å²) < 4.78 is 50.7. The highest BCUT2D eigenvalue weighted by Gasteiger charge is 2.35. The Hall–Kier alpha value is -5.51. The Morgan fingerprint density at radius 3 is 2.40 bits per heavy atom. The van der Waals surface area contributed by atoms with Crippen molar-refractivity contribution in [2.24, 2.45) is 13.0 Å². The number of hydrogen-bond acceptors (Lipinski definition) is 8. The highest BCUT2D eigenvalue weighted by atomic mass is 19.4. The summed E-state index contributed by atoms with van der Waals surface area (Å²) in [6, 6.07) is 10.3. The Kier molecular flexibility index (Phi) is 10.6. The lowest BCUT2D eigenvalue weighted by molar-refractivity contribution is -0.141. The number of aromatic nitrogens is 5. The molecule has 4 aromatic heterocycles. The van der Waals surface area contributed by atoms with E-state index >= 15 is 0 Å². The molecule has 1 unspecified atom stereocenters. The maximum Gasteiger partial charge on any atom is 0.433 e. The number of para-hydroxylation sites is 1. The Labute approximate surface area is 332 Å². The number of nitrogens with zero attached hydrogens (tertiary/aromatic N) is 6. The number of pyridine rings is 2. The van der Waals surface area contributed by atoms with E-state index in [1.54, 1.807) is 32.8 Å². The van der Waals surface area contributed by atoms with Crippen LogP contribution in [-0.4, -0.2) is 71.9 Å². The predicted octanol–water partition coefficient (Wildman–Crippen LogP) is 6.57. The molecule has 5 aromatic rings. The monoisotopic (exact) mass is 800 g/mol. The molecule has 0 bridgehead atoms. The third kappa shape index (κ3) is 7.85. The van der Waals surface area contributed by atoms with Gasteiger partial charge in [0, 0.05) is 44.4 Å². The van der Waals surface area contributed by atoms with Crippen molar-refractivity contribution in [1.29, 1.82) is 0 Å². The number of carbonyl (C=O) groups is 3. The normalized spacial score (nSPS) is 21.2. The zero-order chi connectivity index (χ0) is 40.9. The number of rotatable bonds is 9. The van der Waals surface area contributed by atoms with Crippen LogP contribution in [-0.2, 0) is 22.8 Å². The number of likely N-dealkylation sites (tertiary alicyclic amines) is 1. The van der Waals surface area contributed by atoms with E-state index in [-0.39, 0.29) is 53.1 Å². The zero-order valence-corrected chi connectivity index (χ0v) is 32.7. The Morgan fingerprint density at radius 2 is 1.69 bits per heavy atom. The van der Waals surface area contributed by atoms with Crippen LogP contribution >= 0.6 is 0 Å². The molecule has 1 saturated carbocycles. The van der Waals surface area contributed by atoms with E-state index in [4.69, 9.17) is 9.72 Å². The first-order valence-electron chi connectivity index (χ1n) is 20.0. The molecule has 13 nitrogen and oxygen atoms in total. The summed E-state index contributed by atoms with van der Waals surface area (Å²) in [5.41, 5.74) is 3.07. The van der Waals surface area contributed by atoms with Gasteiger partial charge >= 0.3 is 11.9 Å². The van der Waals surface area contributed by atoms with Gasteiger partial charge in [0.1, 0.15) is 29.0 Å². The molecule has 0 radical (unpaired) electrons. The number of anilines is 1. The van der Waals surface area contributed by atoms with Crippen LogP contribution in [0.1, 0.15) is 110 Å². The van der Waals surface area contributed by atoms with Gasteiger partial charge < -0.3 is 19.4 Å². The fraction of sp³-hybridized carbons (Fsp3) is 0.476. The van der Waals surface area contributed by atoms with Gasteiger partial charge in [0.15, 0.2) is 0 Å². The lowest BCUT2D eigenvalue weighted by atomic mass is 9.80. The van der Waals surface area contributed by atoms with Crippen LogP contribution in [0.5, 0.6) is 5.75 Å². The van der Waals surface area contributed by atoms with Crippen LogP contribution in [0, 0.1) is 5.92 Å². The molecule has 2 aliphatic heterocycles. The lowest BCUT2D eigenvalue weighted by Gasteiger charge is -2.36. The molecule has 3 aliphatic rings. The van der Waals surface area contributed by atoms with Gasteiger partial charge in [-0.1, -0.05) is 18.2 Å². The number of carbonyl (C=O) groups excluding carboxylic acids is 3. The van der Waals surface area contributed by atoms with Crippen molar-refractivity contribution in [3.8, 4) is 5.75 Å². The van der Waals surface area contributed by atoms with Crippen molar-refractivity contribution in [3.63, 3.8) is 0 Å². The number of aryl methyl sites for hydroxylation is 1. The van der Waals surface area contributed by atoms with Crippen molar-refractivity contribution in [3.05, 3.63) is 87.9 Å². The maximum atomic E-state index is 13.5. The number of piperidine rings is 2. The first-order valence-corrected chi connectivity index (χ1v) is 20.0. The van der Waals surface area contributed by atoms with Gasteiger partial charge in [0.05, 0.1) is 28.4 Å². The van der Waals surface area contributed by atoms with E-state index in [0.717, 1.165) is 86.5 Å². The molecular weight excluding hydrogens is 754 g/mol. The van der Waals surface area contributed by atoms with E-state index in [2.05, 4.69) is 26.6 Å². The zero-order valence-electron chi connectivity index (χ0n) is 32.7. The third-order valence-electron chi connectivity index (χ3n) is 11.9. The van der Waals surface area contributed by atoms with Gasteiger partial charge in [-0.25, -0.2) is 14.8 Å². The fourth-order valence-electron chi connectivity index (χ4n) is 9.06. The van der Waals surface area contributed by atoms with Gasteiger partial charge in [-0.15, -0.1) is 0 Å². The summed E-state index contributed by atoms with van der Waals surface area (Å²) >= 11 is 0. The molecule has 2 saturated heterocycles. The van der Waals surface area contributed by atoms with E-state index < -0.39 is 29.7 Å². The molecule has 58 heavy (non-hydrogen) atoms. The van der Waals surface area contributed by atoms with E-state index in [1.807, 2.05) is 32.2 Å². The third-order valence-corrected chi connectivity index (χ3v) is 11.9. The van der Waals surface area contributed by atoms with Gasteiger partial charge in [-0.3, -0.25) is 28.8 Å². The molecule has 16 heteroatoms. The molecule has 3 amide bonds. The number of ether oxygens (including phenoxy) is 1. The first kappa shape index (κ1) is 39.3. The molecule has 2 N–H and O–H groups in total. The number of halogens is 3. The molecular formula is C42H47F3N8O5. The summed E-state index contributed by atoms with van der Waals surface area (Å²) in [4.78, 5) is 62.4. The van der Waals surface area contributed by atoms with Crippen LogP contribution in [0.15, 0.2) is 59.7 Å². The molecule has 306 valence electrons. The Morgan fingerprint density at radius 1 is 0.948 bits per heavy atom. The minimum Gasteiger partial charge on any atom is -0.490 e. The second kappa shape index (κ2) is 15.7. The number of alkyl halides is 3. The van der Waals surface area contributed by atoms with E-state index in [0.29, 0.717) is 18.0 Å². The number of nitrogens with one attached hydrogen (secondary N) is 2. The minimum absolute atomic E-state index is 0.156. The lowest BCUT2D eigenvalue weighted by Crippen LogP contribution is -2.44. The molecule has 1 atom stereocenters. The average molecular weight is 801 g/mol.